The molecule has 1 aromatic rings. The van der Waals surface area contributed by atoms with E-state index in [2.05, 4.69) is 4.90 Å². The number of benzene rings is 1. The summed E-state index contributed by atoms with van der Waals surface area (Å²) in [7, 11) is 3.56. The third kappa shape index (κ3) is 4.63. The fourth-order valence-electron chi connectivity index (χ4n) is 6.49. The number of piperidine rings is 1. The van der Waals surface area contributed by atoms with Crippen molar-refractivity contribution >= 4 is 42.7 Å². The molecule has 2 bridgehead atoms. The Bertz CT molecular complexity index is 1190. The molecule has 5 rings (SSSR count). The molecule has 13 heteroatoms. The van der Waals surface area contributed by atoms with Crippen LogP contribution in [-0.4, -0.2) is 83.6 Å². The number of hydrogen-bond donors (Lipinski definition) is 3. The van der Waals surface area contributed by atoms with Gasteiger partial charge in [-0.25, -0.2) is 4.79 Å². The SMILES string of the molecule is COc1ccc2c3c1O[C@H]1C(OC(=O)[C@H](C)OC(=O)[C@@H](N)CCC(=O)O)=CC[C@@]4(O)[C@H](C2)N(C)CC[C@]314.Cl.Cl. The number of carbonyl (C=O) groups excluding carboxylic acids is 2. The van der Waals surface area contributed by atoms with Gasteiger partial charge in [0.15, 0.2) is 23.7 Å². The van der Waals surface area contributed by atoms with E-state index in [0.29, 0.717) is 24.3 Å². The fourth-order valence-corrected chi connectivity index (χ4v) is 6.49. The maximum atomic E-state index is 13.0. The zero-order valence-corrected chi connectivity index (χ0v) is 23.5. The first-order valence-corrected chi connectivity index (χ1v) is 12.4. The summed E-state index contributed by atoms with van der Waals surface area (Å²) in [6.07, 6.45) is 0.731. The number of hydrogen-bond acceptors (Lipinski definition) is 10. The first kappa shape index (κ1) is 31.0. The molecule has 1 saturated heterocycles. The van der Waals surface area contributed by atoms with Gasteiger partial charge >= 0.3 is 17.9 Å². The van der Waals surface area contributed by atoms with E-state index in [4.69, 9.17) is 29.8 Å². The second-order valence-electron chi connectivity index (χ2n) is 10.3. The summed E-state index contributed by atoms with van der Waals surface area (Å²) >= 11 is 0. The summed E-state index contributed by atoms with van der Waals surface area (Å²) in [6, 6.07) is 2.55. The number of aliphatic carboxylic acids is 1. The zero-order chi connectivity index (χ0) is 26.7. The smallest absolute Gasteiger partial charge is 0.352 e. The van der Waals surface area contributed by atoms with E-state index in [1.807, 2.05) is 19.2 Å². The molecule has 2 aliphatic carbocycles. The molecule has 216 valence electrons. The summed E-state index contributed by atoms with van der Waals surface area (Å²) < 4.78 is 22.9. The molecule has 39 heavy (non-hydrogen) atoms. The highest BCUT2D eigenvalue weighted by atomic mass is 35.5. The predicted octanol–water partition coefficient (Wildman–Crippen LogP) is 1.48. The standard InChI is InChI=1S/C26H32N2O9.2ClH/c1-13(35-24(32)15(27)5-7-19(29)30)23(31)36-17-8-9-26(33)18-12-14-4-6-16(34-3)21-20(14)25(26,22(17)37-21)10-11-28(18)2;;/h4,6,8,13,15,18,22,33H,5,7,9-12,27H2,1-3H3,(H,29,30);2*1H/t13-,15-,18-,22-,25-,26+;;/m0../s1. The van der Waals surface area contributed by atoms with E-state index in [0.717, 1.165) is 17.7 Å². The monoisotopic (exact) mass is 588 g/mol. The van der Waals surface area contributed by atoms with Gasteiger partial charge in [-0.05, 0) is 57.5 Å². The molecule has 2 aliphatic heterocycles. The van der Waals surface area contributed by atoms with E-state index >= 15 is 0 Å². The van der Waals surface area contributed by atoms with E-state index in [-0.39, 0.29) is 55.9 Å². The van der Waals surface area contributed by atoms with Crippen LogP contribution in [0.3, 0.4) is 0 Å². The van der Waals surface area contributed by atoms with Crippen molar-refractivity contribution < 1.29 is 43.5 Å². The average molecular weight is 589 g/mol. The summed E-state index contributed by atoms with van der Waals surface area (Å²) in [4.78, 5) is 38.1. The Kier molecular flexibility index (Phi) is 8.84. The molecule has 0 radical (unpaired) electrons. The van der Waals surface area contributed by atoms with Gasteiger partial charge in [0.05, 0.1) is 18.1 Å². The molecule has 11 nitrogen and oxygen atoms in total. The lowest BCUT2D eigenvalue weighted by atomic mass is 9.50. The summed E-state index contributed by atoms with van der Waals surface area (Å²) in [6.45, 7) is 2.09. The minimum Gasteiger partial charge on any atom is -0.493 e. The molecule has 1 fully saturated rings. The number of esters is 2. The zero-order valence-electron chi connectivity index (χ0n) is 21.9. The van der Waals surface area contributed by atoms with Gasteiger partial charge in [0.25, 0.3) is 0 Å². The Balaban J connectivity index is 0.00000210. The van der Waals surface area contributed by atoms with Crippen LogP contribution in [0, 0.1) is 0 Å². The van der Waals surface area contributed by atoms with Crippen molar-refractivity contribution in [1.82, 2.24) is 4.90 Å². The number of likely N-dealkylation sites (tertiary alicyclic amines) is 1. The van der Waals surface area contributed by atoms with Gasteiger partial charge in [0, 0.05) is 24.4 Å². The van der Waals surface area contributed by atoms with Gasteiger partial charge in [-0.15, -0.1) is 24.8 Å². The van der Waals surface area contributed by atoms with Crippen molar-refractivity contribution in [3.63, 3.8) is 0 Å². The van der Waals surface area contributed by atoms with Crippen molar-refractivity contribution in [2.45, 2.75) is 74.3 Å². The van der Waals surface area contributed by atoms with E-state index in [9.17, 15) is 19.5 Å². The fraction of sp³-hybridized carbons (Fsp3) is 0.577. The van der Waals surface area contributed by atoms with Gasteiger partial charge in [-0.1, -0.05) is 6.07 Å². The van der Waals surface area contributed by atoms with Crippen LogP contribution in [0.15, 0.2) is 24.0 Å². The largest absolute Gasteiger partial charge is 0.493 e. The van der Waals surface area contributed by atoms with Gasteiger partial charge in [0.1, 0.15) is 11.8 Å². The summed E-state index contributed by atoms with van der Waals surface area (Å²) in [5.74, 6) is -1.44. The second kappa shape index (κ2) is 11.1. The molecule has 0 saturated carbocycles. The normalized spacial score (nSPS) is 29.2. The number of carboxylic acids is 1. The van der Waals surface area contributed by atoms with Crippen LogP contribution in [-0.2, 0) is 35.7 Å². The Morgan fingerprint density at radius 3 is 2.64 bits per heavy atom. The van der Waals surface area contributed by atoms with Crippen molar-refractivity contribution in [2.75, 3.05) is 20.7 Å². The highest BCUT2D eigenvalue weighted by molar-refractivity contribution is 5.85. The quantitative estimate of drug-likeness (QED) is 0.377. The minimum absolute atomic E-state index is 0. The van der Waals surface area contributed by atoms with E-state index < -0.39 is 47.2 Å². The topological polar surface area (TPSA) is 158 Å². The maximum Gasteiger partial charge on any atom is 0.352 e. The Morgan fingerprint density at radius 1 is 1.26 bits per heavy atom. The van der Waals surface area contributed by atoms with Gasteiger partial charge in [-0.3, -0.25) is 9.59 Å². The lowest BCUT2D eigenvalue weighted by Crippen LogP contribution is -2.74. The molecule has 4 N–H and O–H groups in total. The van der Waals surface area contributed by atoms with Gasteiger partial charge in [-0.2, -0.15) is 0 Å². The van der Waals surface area contributed by atoms with Crippen molar-refractivity contribution in [3.05, 3.63) is 35.1 Å². The number of likely N-dealkylation sites (N-methyl/N-ethyl adjacent to an activating group) is 1. The first-order valence-electron chi connectivity index (χ1n) is 12.4. The first-order chi connectivity index (χ1) is 17.5. The van der Waals surface area contributed by atoms with Crippen molar-refractivity contribution in [2.24, 2.45) is 5.73 Å². The number of methoxy groups -OCH3 is 1. The number of carboxylic acid groups (broad SMARTS) is 1. The molecule has 6 atom stereocenters. The Hall–Kier alpha value is -2.57. The van der Waals surface area contributed by atoms with E-state index in [1.54, 1.807) is 13.2 Å². The number of aliphatic hydroxyl groups is 1. The summed E-state index contributed by atoms with van der Waals surface area (Å²) in [5, 5.41) is 21.0. The predicted molar refractivity (Wildman–Crippen MR) is 142 cm³/mol. The summed E-state index contributed by atoms with van der Waals surface area (Å²) in [5.41, 5.74) is 5.71. The molecule has 0 amide bonds. The minimum atomic E-state index is -1.28. The average Bonchev–Trinajstić information content (AvgIpc) is 3.21. The van der Waals surface area contributed by atoms with Gasteiger partial charge in [0.2, 0.25) is 0 Å². The molecule has 1 aromatic carbocycles. The van der Waals surface area contributed by atoms with Crippen molar-refractivity contribution in [1.29, 1.82) is 0 Å². The molecular weight excluding hydrogens is 555 g/mol. The van der Waals surface area contributed by atoms with Crippen LogP contribution < -0.4 is 15.2 Å². The Morgan fingerprint density at radius 2 is 1.97 bits per heavy atom. The van der Waals surface area contributed by atoms with Crippen LogP contribution in [0.1, 0.15) is 43.7 Å². The lowest BCUT2D eigenvalue weighted by molar-refractivity contribution is -0.175. The van der Waals surface area contributed by atoms with Crippen molar-refractivity contribution in [3.8, 4) is 11.5 Å². The third-order valence-corrected chi connectivity index (χ3v) is 8.37. The van der Waals surface area contributed by atoms with E-state index in [1.165, 1.54) is 6.92 Å². The lowest BCUT2D eigenvalue weighted by Gasteiger charge is -2.61. The highest BCUT2D eigenvalue weighted by Gasteiger charge is 2.72. The number of ether oxygens (including phenoxy) is 4. The van der Waals surface area contributed by atoms with Crippen LogP contribution in [0.25, 0.3) is 0 Å². The number of nitrogens with two attached hydrogens (primary N) is 1. The molecule has 0 aromatic heterocycles. The highest BCUT2D eigenvalue weighted by Crippen LogP contribution is 2.65. The Labute approximate surface area is 238 Å². The molecule has 0 unspecified atom stereocenters. The third-order valence-electron chi connectivity index (χ3n) is 8.37. The van der Waals surface area contributed by atoms with Gasteiger partial charge < -0.3 is 39.8 Å². The van der Waals surface area contributed by atoms with Crippen LogP contribution in [0.2, 0.25) is 0 Å². The number of carbonyl (C=O) groups is 3. The van der Waals surface area contributed by atoms with Crippen LogP contribution in [0.4, 0.5) is 0 Å². The molecule has 4 aliphatic rings. The molecular formula is C26H34Cl2N2O9. The van der Waals surface area contributed by atoms with Crippen LogP contribution in [0.5, 0.6) is 11.5 Å². The second-order valence-corrected chi connectivity index (χ2v) is 10.3. The number of halogens is 2. The molecule has 1 spiro atoms. The molecule has 2 heterocycles. The number of nitrogens with zero attached hydrogens (tertiary/aromatic N) is 1. The number of rotatable bonds is 8. The van der Waals surface area contributed by atoms with Crippen LogP contribution >= 0.6 is 24.8 Å². The maximum absolute atomic E-state index is 13.0.